The van der Waals surface area contributed by atoms with Crippen molar-refractivity contribution in [2.75, 3.05) is 37.6 Å². The summed E-state index contributed by atoms with van der Waals surface area (Å²) in [5.74, 6) is 0.748. The highest BCUT2D eigenvalue weighted by Crippen LogP contribution is 2.16. The Kier molecular flexibility index (Phi) is 12.7. The molecule has 1 heterocycles. The Labute approximate surface area is 164 Å². The minimum atomic E-state index is 0. The highest BCUT2D eigenvalue weighted by atomic mass is 35.5. The molecule has 1 aliphatic rings. The van der Waals surface area contributed by atoms with Crippen LogP contribution in [0.15, 0.2) is 24.3 Å². The van der Waals surface area contributed by atoms with E-state index in [4.69, 9.17) is 0 Å². The first kappa shape index (κ1) is 24.0. The van der Waals surface area contributed by atoms with Gasteiger partial charge < -0.3 is 15.5 Å². The predicted molar refractivity (Wildman–Crippen MR) is 112 cm³/mol. The summed E-state index contributed by atoms with van der Waals surface area (Å²) in [4.78, 5) is 14.6. The number of amides is 1. The average Bonchev–Trinajstić information content (AvgIpc) is 2.60. The molecule has 1 aliphatic heterocycles. The summed E-state index contributed by atoms with van der Waals surface area (Å²) in [5.41, 5.74) is 1.95. The number of carbonyl (C=O) groups excluding carboxylic acids is 1. The number of carbonyl (C=O) groups is 1. The van der Waals surface area contributed by atoms with Crippen molar-refractivity contribution in [3.8, 4) is 0 Å². The van der Waals surface area contributed by atoms with Crippen molar-refractivity contribution >= 4 is 36.4 Å². The van der Waals surface area contributed by atoms with Gasteiger partial charge in [0.05, 0.1) is 0 Å². The molecule has 1 amide bonds. The van der Waals surface area contributed by atoms with Crippen molar-refractivity contribution < 1.29 is 4.79 Å². The Balaban J connectivity index is 0.00000288. The van der Waals surface area contributed by atoms with Gasteiger partial charge in [-0.15, -0.1) is 24.8 Å². The van der Waals surface area contributed by atoms with E-state index in [0.29, 0.717) is 5.92 Å². The molecular weight excluding hydrogens is 357 g/mol. The minimum Gasteiger partial charge on any atom is -0.372 e. The van der Waals surface area contributed by atoms with Crippen LogP contribution in [0.5, 0.6) is 0 Å². The first-order chi connectivity index (χ1) is 11.2. The maximum Gasteiger partial charge on any atom is 0.251 e. The Hall–Kier alpha value is -0.970. The third-order valence-electron chi connectivity index (χ3n) is 4.61. The predicted octanol–water partition coefficient (Wildman–Crippen LogP) is 3.89. The largest absolute Gasteiger partial charge is 0.372 e. The number of hydrogen-bond acceptors (Lipinski definition) is 3. The van der Waals surface area contributed by atoms with Crippen LogP contribution in [0.2, 0.25) is 0 Å². The zero-order valence-corrected chi connectivity index (χ0v) is 17.1. The molecule has 2 N–H and O–H groups in total. The highest BCUT2D eigenvalue weighted by Gasteiger charge is 2.13. The number of halogens is 2. The zero-order valence-electron chi connectivity index (χ0n) is 15.4. The van der Waals surface area contributed by atoms with Crippen LogP contribution in [0.4, 0.5) is 5.69 Å². The second kappa shape index (κ2) is 13.3. The molecule has 4 nitrogen and oxygen atoms in total. The maximum atomic E-state index is 12.2. The van der Waals surface area contributed by atoms with E-state index in [9.17, 15) is 4.79 Å². The van der Waals surface area contributed by atoms with Crippen LogP contribution >= 0.6 is 24.8 Å². The molecule has 1 aromatic carbocycles. The lowest BCUT2D eigenvalue weighted by molar-refractivity contribution is 0.0950. The molecule has 0 aliphatic carbocycles. The summed E-state index contributed by atoms with van der Waals surface area (Å²) in [6, 6.07) is 7.98. The van der Waals surface area contributed by atoms with E-state index in [1.165, 1.54) is 18.5 Å². The number of benzene rings is 1. The molecule has 2 rings (SSSR count). The Morgan fingerprint density at radius 2 is 1.96 bits per heavy atom. The Bertz CT molecular complexity index is 476. The van der Waals surface area contributed by atoms with Gasteiger partial charge in [-0.2, -0.15) is 0 Å². The lowest BCUT2D eigenvalue weighted by Gasteiger charge is -2.23. The Morgan fingerprint density at radius 3 is 2.52 bits per heavy atom. The molecule has 1 fully saturated rings. The fourth-order valence-electron chi connectivity index (χ4n) is 3.23. The second-order valence-electron chi connectivity index (χ2n) is 6.38. The van der Waals surface area contributed by atoms with E-state index < -0.39 is 0 Å². The smallest absolute Gasteiger partial charge is 0.251 e. The first-order valence-electron chi connectivity index (χ1n) is 9.08. The lowest BCUT2D eigenvalue weighted by Crippen LogP contribution is -2.33. The first-order valence-corrected chi connectivity index (χ1v) is 9.08. The molecule has 25 heavy (non-hydrogen) atoms. The summed E-state index contributed by atoms with van der Waals surface area (Å²) in [5, 5.41) is 6.47. The number of nitrogens with zero attached hydrogens (tertiary/aromatic N) is 1. The molecule has 0 aromatic heterocycles. The summed E-state index contributed by atoms with van der Waals surface area (Å²) >= 11 is 0. The van der Waals surface area contributed by atoms with Gasteiger partial charge in [0.1, 0.15) is 0 Å². The number of piperidine rings is 1. The van der Waals surface area contributed by atoms with Crippen LogP contribution in [0.1, 0.15) is 49.9 Å². The van der Waals surface area contributed by atoms with E-state index >= 15 is 0 Å². The van der Waals surface area contributed by atoms with E-state index in [2.05, 4.69) is 41.5 Å². The van der Waals surface area contributed by atoms with Gasteiger partial charge in [0.2, 0.25) is 0 Å². The number of nitrogens with one attached hydrogen (secondary N) is 2. The van der Waals surface area contributed by atoms with Crippen LogP contribution in [0.3, 0.4) is 0 Å². The van der Waals surface area contributed by atoms with Crippen molar-refractivity contribution in [1.82, 2.24) is 10.6 Å². The van der Waals surface area contributed by atoms with Crippen molar-refractivity contribution in [2.45, 2.75) is 39.5 Å². The van der Waals surface area contributed by atoms with Crippen molar-refractivity contribution in [3.05, 3.63) is 29.8 Å². The summed E-state index contributed by atoms with van der Waals surface area (Å²) in [7, 11) is 0. The topological polar surface area (TPSA) is 44.4 Å². The fraction of sp³-hybridized carbons (Fsp3) is 0.632. The molecule has 0 spiro atoms. The molecule has 1 aromatic rings. The van der Waals surface area contributed by atoms with Gasteiger partial charge in [0, 0.05) is 30.9 Å². The minimum absolute atomic E-state index is 0. The Morgan fingerprint density at radius 1 is 1.24 bits per heavy atom. The molecule has 144 valence electrons. The quantitative estimate of drug-likeness (QED) is 0.708. The van der Waals surface area contributed by atoms with Gasteiger partial charge in [-0.1, -0.05) is 6.92 Å². The average molecular weight is 390 g/mol. The summed E-state index contributed by atoms with van der Waals surface area (Å²) in [6.07, 6.45) is 4.73. The van der Waals surface area contributed by atoms with Crippen molar-refractivity contribution in [3.63, 3.8) is 0 Å². The molecule has 1 saturated heterocycles. The third-order valence-corrected chi connectivity index (χ3v) is 4.61. The molecular formula is C19H33Cl2N3O. The summed E-state index contributed by atoms with van der Waals surface area (Å²) < 4.78 is 0. The van der Waals surface area contributed by atoms with E-state index in [-0.39, 0.29) is 30.7 Å². The number of hydrogen-bond donors (Lipinski definition) is 2. The lowest BCUT2D eigenvalue weighted by atomic mass is 9.96. The highest BCUT2D eigenvalue weighted by molar-refractivity contribution is 5.94. The molecule has 0 bridgehead atoms. The van der Waals surface area contributed by atoms with Crippen LogP contribution < -0.4 is 15.5 Å². The van der Waals surface area contributed by atoms with E-state index in [1.54, 1.807) is 0 Å². The number of anilines is 1. The van der Waals surface area contributed by atoms with Gasteiger partial charge >= 0.3 is 0 Å². The van der Waals surface area contributed by atoms with Crippen LogP contribution in [0.25, 0.3) is 0 Å². The third kappa shape index (κ3) is 7.85. The van der Waals surface area contributed by atoms with Gasteiger partial charge in [-0.25, -0.2) is 0 Å². The van der Waals surface area contributed by atoms with Crippen LogP contribution in [-0.2, 0) is 0 Å². The van der Waals surface area contributed by atoms with Crippen LogP contribution in [0, 0.1) is 5.92 Å². The van der Waals surface area contributed by atoms with Crippen LogP contribution in [-0.4, -0.2) is 38.6 Å². The SMILES string of the molecule is CCCN(CC)c1ccc(C(=O)NCCC2CCCNC2)cc1.Cl.Cl. The zero-order chi connectivity index (χ0) is 16.5. The molecule has 0 radical (unpaired) electrons. The maximum absolute atomic E-state index is 12.2. The van der Waals surface area contributed by atoms with E-state index in [1.807, 2.05) is 12.1 Å². The molecule has 1 unspecified atom stereocenters. The van der Waals surface area contributed by atoms with Crippen molar-refractivity contribution in [1.29, 1.82) is 0 Å². The standard InChI is InChI=1S/C19H31N3O.2ClH/c1-3-14-22(4-2)18-9-7-17(8-10-18)19(23)21-13-11-16-6-5-12-20-15-16;;/h7-10,16,20H,3-6,11-15H2,1-2H3,(H,21,23);2*1H. The molecule has 0 saturated carbocycles. The molecule has 6 heteroatoms. The molecule has 1 atom stereocenters. The summed E-state index contributed by atoms with van der Waals surface area (Å²) in [6.45, 7) is 9.40. The van der Waals surface area contributed by atoms with Crippen molar-refractivity contribution in [2.24, 2.45) is 5.92 Å². The fourth-order valence-corrected chi connectivity index (χ4v) is 3.23. The monoisotopic (exact) mass is 389 g/mol. The van der Waals surface area contributed by atoms with Gasteiger partial charge in [-0.05, 0) is 75.9 Å². The second-order valence-corrected chi connectivity index (χ2v) is 6.38. The van der Waals surface area contributed by atoms with Gasteiger partial charge in [0.25, 0.3) is 5.91 Å². The van der Waals surface area contributed by atoms with Gasteiger partial charge in [0.15, 0.2) is 0 Å². The normalized spacial score (nSPS) is 16.3. The van der Waals surface area contributed by atoms with Gasteiger partial charge in [-0.3, -0.25) is 4.79 Å². The van der Waals surface area contributed by atoms with E-state index in [0.717, 1.165) is 51.1 Å². The number of rotatable bonds is 8.